The SMILES string of the molecule is Cc1noc(CCNc2cc(C(C)(C)C)nc(C(C)C)n2)n1. The van der Waals surface area contributed by atoms with Crippen LogP contribution in [0, 0.1) is 6.92 Å². The number of hydrogen-bond acceptors (Lipinski definition) is 6. The second kappa shape index (κ2) is 6.42. The van der Waals surface area contributed by atoms with E-state index in [9.17, 15) is 0 Å². The number of anilines is 1. The molecule has 6 heteroatoms. The molecule has 0 amide bonds. The maximum absolute atomic E-state index is 5.11. The third-order valence-electron chi connectivity index (χ3n) is 3.24. The minimum Gasteiger partial charge on any atom is -0.369 e. The van der Waals surface area contributed by atoms with Crippen molar-refractivity contribution in [3.8, 4) is 0 Å². The first-order valence-corrected chi connectivity index (χ1v) is 7.68. The first-order chi connectivity index (χ1) is 10.3. The lowest BCUT2D eigenvalue weighted by molar-refractivity contribution is 0.377. The monoisotopic (exact) mass is 303 g/mol. The molecular formula is C16H25N5O. The Morgan fingerprint density at radius 1 is 1.18 bits per heavy atom. The number of aryl methyl sites for hydroxylation is 1. The van der Waals surface area contributed by atoms with E-state index in [2.05, 4.69) is 60.0 Å². The zero-order valence-corrected chi connectivity index (χ0v) is 14.3. The Morgan fingerprint density at radius 3 is 2.45 bits per heavy atom. The van der Waals surface area contributed by atoms with Crippen LogP contribution in [-0.4, -0.2) is 26.7 Å². The first-order valence-electron chi connectivity index (χ1n) is 7.68. The summed E-state index contributed by atoms with van der Waals surface area (Å²) in [7, 11) is 0. The molecule has 0 radical (unpaired) electrons. The second-order valence-corrected chi connectivity index (χ2v) is 6.81. The summed E-state index contributed by atoms with van der Waals surface area (Å²) in [4.78, 5) is 13.5. The second-order valence-electron chi connectivity index (χ2n) is 6.81. The first kappa shape index (κ1) is 16.4. The van der Waals surface area contributed by atoms with Gasteiger partial charge in [-0.1, -0.05) is 39.8 Å². The summed E-state index contributed by atoms with van der Waals surface area (Å²) in [6.07, 6.45) is 0.673. The van der Waals surface area contributed by atoms with Gasteiger partial charge in [0.15, 0.2) is 5.82 Å². The fourth-order valence-corrected chi connectivity index (χ4v) is 1.94. The molecule has 0 unspecified atom stereocenters. The average molecular weight is 303 g/mol. The van der Waals surface area contributed by atoms with Crippen molar-refractivity contribution in [2.24, 2.45) is 0 Å². The van der Waals surface area contributed by atoms with Crippen molar-refractivity contribution in [1.29, 1.82) is 0 Å². The molecule has 0 aromatic carbocycles. The van der Waals surface area contributed by atoms with Crippen LogP contribution in [0.3, 0.4) is 0 Å². The normalized spacial score (nSPS) is 12.0. The molecule has 0 atom stereocenters. The number of hydrogen-bond donors (Lipinski definition) is 1. The van der Waals surface area contributed by atoms with Crippen molar-refractivity contribution in [3.05, 3.63) is 29.3 Å². The molecule has 2 heterocycles. The zero-order valence-electron chi connectivity index (χ0n) is 14.3. The van der Waals surface area contributed by atoms with E-state index >= 15 is 0 Å². The average Bonchev–Trinajstić information content (AvgIpc) is 2.83. The van der Waals surface area contributed by atoms with E-state index in [1.54, 1.807) is 0 Å². The van der Waals surface area contributed by atoms with Crippen LogP contribution in [-0.2, 0) is 11.8 Å². The highest BCUT2D eigenvalue weighted by molar-refractivity contribution is 5.38. The molecule has 120 valence electrons. The lowest BCUT2D eigenvalue weighted by Crippen LogP contribution is -2.18. The smallest absolute Gasteiger partial charge is 0.228 e. The number of rotatable bonds is 5. The van der Waals surface area contributed by atoms with Gasteiger partial charge in [-0.15, -0.1) is 0 Å². The molecule has 0 aliphatic carbocycles. The molecule has 0 aliphatic rings. The molecule has 0 bridgehead atoms. The molecule has 0 aliphatic heterocycles. The summed E-state index contributed by atoms with van der Waals surface area (Å²) in [6, 6.07) is 2.02. The molecule has 2 aromatic heterocycles. The number of nitrogens with zero attached hydrogens (tertiary/aromatic N) is 4. The molecule has 1 N–H and O–H groups in total. The van der Waals surface area contributed by atoms with Crippen molar-refractivity contribution >= 4 is 5.82 Å². The summed E-state index contributed by atoms with van der Waals surface area (Å²) < 4.78 is 5.11. The molecular weight excluding hydrogens is 278 g/mol. The van der Waals surface area contributed by atoms with Crippen LogP contribution in [0.4, 0.5) is 5.82 Å². The molecule has 6 nitrogen and oxygen atoms in total. The van der Waals surface area contributed by atoms with E-state index in [1.807, 2.05) is 13.0 Å². The van der Waals surface area contributed by atoms with Gasteiger partial charge in [-0.05, 0) is 6.92 Å². The number of nitrogens with one attached hydrogen (secondary N) is 1. The largest absolute Gasteiger partial charge is 0.369 e. The highest BCUT2D eigenvalue weighted by Gasteiger charge is 2.19. The quantitative estimate of drug-likeness (QED) is 0.913. The van der Waals surface area contributed by atoms with Crippen molar-refractivity contribution < 1.29 is 4.52 Å². The van der Waals surface area contributed by atoms with Crippen LogP contribution in [0.25, 0.3) is 0 Å². The molecule has 22 heavy (non-hydrogen) atoms. The zero-order chi connectivity index (χ0) is 16.3. The van der Waals surface area contributed by atoms with Crippen LogP contribution >= 0.6 is 0 Å². The van der Waals surface area contributed by atoms with Gasteiger partial charge < -0.3 is 9.84 Å². The Balaban J connectivity index is 2.10. The minimum atomic E-state index is -0.00733. The molecule has 0 saturated carbocycles. The van der Waals surface area contributed by atoms with Crippen LogP contribution in [0.15, 0.2) is 10.6 Å². The van der Waals surface area contributed by atoms with Gasteiger partial charge in [0.2, 0.25) is 5.89 Å². The molecule has 0 spiro atoms. The van der Waals surface area contributed by atoms with Gasteiger partial charge in [-0.3, -0.25) is 0 Å². The van der Waals surface area contributed by atoms with Crippen LogP contribution in [0.5, 0.6) is 0 Å². The van der Waals surface area contributed by atoms with Crippen molar-refractivity contribution in [1.82, 2.24) is 20.1 Å². The Bertz CT molecular complexity index is 628. The third kappa shape index (κ3) is 4.26. The lowest BCUT2D eigenvalue weighted by atomic mass is 9.91. The van der Waals surface area contributed by atoms with Crippen molar-refractivity contribution in [2.75, 3.05) is 11.9 Å². The van der Waals surface area contributed by atoms with Crippen LogP contribution < -0.4 is 5.32 Å². The van der Waals surface area contributed by atoms with Crippen molar-refractivity contribution in [2.45, 2.75) is 59.3 Å². The van der Waals surface area contributed by atoms with E-state index in [0.717, 1.165) is 17.3 Å². The summed E-state index contributed by atoms with van der Waals surface area (Å²) in [5.41, 5.74) is 1.04. The lowest BCUT2D eigenvalue weighted by Gasteiger charge is -2.20. The standard InChI is InChI=1S/C16H25N5O/c1-10(2)15-19-12(16(4,5)6)9-13(20-15)17-8-7-14-18-11(3)21-22-14/h9-10H,7-8H2,1-6H3,(H,17,19,20). The summed E-state index contributed by atoms with van der Waals surface area (Å²) in [5.74, 6) is 3.30. The maximum Gasteiger partial charge on any atom is 0.228 e. The highest BCUT2D eigenvalue weighted by Crippen LogP contribution is 2.24. The predicted molar refractivity (Wildman–Crippen MR) is 86.0 cm³/mol. The van der Waals surface area contributed by atoms with Gasteiger partial charge in [0.25, 0.3) is 0 Å². The fourth-order valence-electron chi connectivity index (χ4n) is 1.94. The molecule has 0 fully saturated rings. The summed E-state index contributed by atoms with van der Waals surface area (Å²) >= 11 is 0. The van der Waals surface area contributed by atoms with Crippen LogP contribution in [0.2, 0.25) is 0 Å². The topological polar surface area (TPSA) is 76.7 Å². The van der Waals surface area contributed by atoms with Gasteiger partial charge in [0, 0.05) is 30.4 Å². The molecule has 2 rings (SSSR count). The Labute approximate surface area is 131 Å². The third-order valence-corrected chi connectivity index (χ3v) is 3.24. The fraction of sp³-hybridized carbons (Fsp3) is 0.625. The van der Waals surface area contributed by atoms with Gasteiger partial charge in [-0.2, -0.15) is 4.98 Å². The van der Waals surface area contributed by atoms with Crippen LogP contribution in [0.1, 0.15) is 63.8 Å². The van der Waals surface area contributed by atoms with Gasteiger partial charge in [0.1, 0.15) is 11.6 Å². The van der Waals surface area contributed by atoms with Gasteiger partial charge >= 0.3 is 0 Å². The molecule has 0 saturated heterocycles. The summed E-state index contributed by atoms with van der Waals surface area (Å²) in [5, 5.41) is 7.12. The summed E-state index contributed by atoms with van der Waals surface area (Å²) in [6.45, 7) is 13.2. The van der Waals surface area contributed by atoms with E-state index in [-0.39, 0.29) is 5.41 Å². The Morgan fingerprint density at radius 2 is 1.91 bits per heavy atom. The minimum absolute atomic E-state index is 0.00733. The van der Waals surface area contributed by atoms with Gasteiger partial charge in [-0.25, -0.2) is 9.97 Å². The highest BCUT2D eigenvalue weighted by atomic mass is 16.5. The van der Waals surface area contributed by atoms with E-state index in [0.29, 0.717) is 30.6 Å². The Kier molecular flexibility index (Phi) is 4.78. The predicted octanol–water partition coefficient (Wildman–Crippen LogP) is 3.24. The van der Waals surface area contributed by atoms with E-state index in [1.165, 1.54) is 0 Å². The number of aromatic nitrogens is 4. The molecule has 2 aromatic rings. The van der Waals surface area contributed by atoms with E-state index in [4.69, 9.17) is 4.52 Å². The maximum atomic E-state index is 5.11. The Hall–Kier alpha value is -1.98. The van der Waals surface area contributed by atoms with E-state index < -0.39 is 0 Å². The van der Waals surface area contributed by atoms with Gasteiger partial charge in [0.05, 0.1) is 5.69 Å². The van der Waals surface area contributed by atoms with Crippen molar-refractivity contribution in [3.63, 3.8) is 0 Å².